The van der Waals surface area contributed by atoms with Gasteiger partial charge in [-0.15, -0.1) is 0 Å². The lowest BCUT2D eigenvalue weighted by atomic mass is 10.1. The summed E-state index contributed by atoms with van der Waals surface area (Å²) < 4.78 is 14.8. The van der Waals surface area contributed by atoms with Crippen molar-refractivity contribution >= 4 is 17.0 Å². The molecule has 24 heavy (non-hydrogen) atoms. The molecule has 2 heterocycles. The van der Waals surface area contributed by atoms with Gasteiger partial charge in [0.25, 0.3) is 5.56 Å². The van der Waals surface area contributed by atoms with Crippen LogP contribution in [0.4, 0.5) is 10.3 Å². The van der Waals surface area contributed by atoms with Crippen LogP contribution in [0.3, 0.4) is 0 Å². The standard InChI is InChI=1S/C17H20FN5O/c1-17(2,3)23-14-13(9-19-23)15(24)21-16(20-14)22(4)10-11-5-7-12(18)8-6-11/h5-9H,10H2,1-4H3,(H,20,21,24). The van der Waals surface area contributed by atoms with E-state index in [1.807, 2.05) is 32.7 Å². The topological polar surface area (TPSA) is 66.8 Å². The molecule has 0 saturated carbocycles. The van der Waals surface area contributed by atoms with E-state index < -0.39 is 0 Å². The van der Waals surface area contributed by atoms with Gasteiger partial charge in [0.2, 0.25) is 5.95 Å². The molecule has 0 saturated heterocycles. The molecule has 0 radical (unpaired) electrons. The number of nitrogens with zero attached hydrogens (tertiary/aromatic N) is 4. The summed E-state index contributed by atoms with van der Waals surface area (Å²) in [7, 11) is 1.82. The summed E-state index contributed by atoms with van der Waals surface area (Å²) in [5.74, 6) is 0.172. The van der Waals surface area contributed by atoms with Gasteiger partial charge >= 0.3 is 0 Å². The fraction of sp³-hybridized carbons (Fsp3) is 0.353. The van der Waals surface area contributed by atoms with Crippen molar-refractivity contribution < 1.29 is 4.39 Å². The number of aromatic amines is 1. The normalized spacial score (nSPS) is 11.9. The molecule has 3 aromatic rings. The minimum Gasteiger partial charge on any atom is -0.341 e. The number of hydrogen-bond acceptors (Lipinski definition) is 4. The molecule has 0 bridgehead atoms. The van der Waals surface area contributed by atoms with E-state index in [0.29, 0.717) is 23.5 Å². The van der Waals surface area contributed by atoms with Crippen LogP contribution in [-0.2, 0) is 12.1 Å². The second kappa shape index (κ2) is 5.74. The first kappa shape index (κ1) is 16.2. The van der Waals surface area contributed by atoms with Crippen LogP contribution >= 0.6 is 0 Å². The summed E-state index contributed by atoms with van der Waals surface area (Å²) in [6, 6.07) is 6.25. The highest BCUT2D eigenvalue weighted by Gasteiger charge is 2.20. The summed E-state index contributed by atoms with van der Waals surface area (Å²) in [6.45, 7) is 6.51. The quantitative estimate of drug-likeness (QED) is 0.802. The maximum absolute atomic E-state index is 13.0. The number of anilines is 1. The van der Waals surface area contributed by atoms with Crippen molar-refractivity contribution in [3.8, 4) is 0 Å². The van der Waals surface area contributed by atoms with Crippen LogP contribution < -0.4 is 10.5 Å². The predicted octanol–water partition coefficient (Wildman–Crippen LogP) is 2.65. The van der Waals surface area contributed by atoms with Gasteiger partial charge in [-0.1, -0.05) is 12.1 Å². The summed E-state index contributed by atoms with van der Waals surface area (Å²) in [5.41, 5.74) is 0.963. The van der Waals surface area contributed by atoms with Crippen LogP contribution in [0.2, 0.25) is 0 Å². The first-order valence-electron chi connectivity index (χ1n) is 7.70. The van der Waals surface area contributed by atoms with E-state index in [1.165, 1.54) is 18.3 Å². The van der Waals surface area contributed by atoms with Crippen molar-refractivity contribution in [2.45, 2.75) is 32.9 Å². The molecule has 0 unspecified atom stereocenters. The third-order valence-electron chi connectivity index (χ3n) is 3.76. The van der Waals surface area contributed by atoms with Gasteiger partial charge in [-0.05, 0) is 38.5 Å². The Hall–Kier alpha value is -2.70. The lowest BCUT2D eigenvalue weighted by Gasteiger charge is -2.21. The van der Waals surface area contributed by atoms with Crippen LogP contribution in [0.1, 0.15) is 26.3 Å². The molecule has 0 atom stereocenters. The molecule has 0 aliphatic rings. The largest absolute Gasteiger partial charge is 0.341 e. The predicted molar refractivity (Wildman–Crippen MR) is 91.7 cm³/mol. The van der Waals surface area contributed by atoms with Gasteiger partial charge in [0.05, 0.1) is 11.7 Å². The van der Waals surface area contributed by atoms with Gasteiger partial charge in [0.15, 0.2) is 5.65 Å². The van der Waals surface area contributed by atoms with Gasteiger partial charge < -0.3 is 4.90 Å². The van der Waals surface area contributed by atoms with Crippen molar-refractivity contribution in [1.29, 1.82) is 0 Å². The van der Waals surface area contributed by atoms with E-state index in [-0.39, 0.29) is 16.9 Å². The molecule has 3 rings (SSSR count). The van der Waals surface area contributed by atoms with Gasteiger partial charge in [-0.3, -0.25) is 9.78 Å². The van der Waals surface area contributed by atoms with Crippen LogP contribution in [0.15, 0.2) is 35.3 Å². The van der Waals surface area contributed by atoms with Crippen molar-refractivity contribution in [2.75, 3.05) is 11.9 Å². The average molecular weight is 329 g/mol. The molecule has 2 aromatic heterocycles. The lowest BCUT2D eigenvalue weighted by molar-refractivity contribution is 0.366. The molecule has 0 aliphatic carbocycles. The first-order chi connectivity index (χ1) is 11.3. The molecule has 0 aliphatic heterocycles. The molecule has 126 valence electrons. The Morgan fingerprint density at radius 2 is 1.92 bits per heavy atom. The Labute approximate surface area is 138 Å². The third-order valence-corrected chi connectivity index (χ3v) is 3.76. The Morgan fingerprint density at radius 1 is 1.25 bits per heavy atom. The van der Waals surface area contributed by atoms with E-state index in [0.717, 1.165) is 5.56 Å². The van der Waals surface area contributed by atoms with Crippen LogP contribution in [0.5, 0.6) is 0 Å². The smallest absolute Gasteiger partial charge is 0.263 e. The number of nitrogens with one attached hydrogen (secondary N) is 1. The number of halogens is 1. The Morgan fingerprint density at radius 3 is 2.54 bits per heavy atom. The van der Waals surface area contributed by atoms with Gasteiger partial charge in [0, 0.05) is 13.6 Å². The average Bonchev–Trinajstić information content (AvgIpc) is 2.94. The number of rotatable bonds is 3. The lowest BCUT2D eigenvalue weighted by Crippen LogP contribution is -2.26. The molecule has 6 nitrogen and oxygen atoms in total. The second-order valence-electron chi connectivity index (χ2n) is 6.84. The van der Waals surface area contributed by atoms with Gasteiger partial charge in [-0.25, -0.2) is 9.07 Å². The molecular weight excluding hydrogens is 309 g/mol. The van der Waals surface area contributed by atoms with E-state index >= 15 is 0 Å². The number of fused-ring (bicyclic) bond motifs is 1. The molecule has 1 aromatic carbocycles. The maximum atomic E-state index is 13.0. The number of aromatic nitrogens is 4. The van der Waals surface area contributed by atoms with Crippen LogP contribution in [0.25, 0.3) is 11.0 Å². The summed E-state index contributed by atoms with van der Waals surface area (Å²) in [5, 5.41) is 4.76. The Bertz CT molecular complexity index is 921. The molecular formula is C17H20FN5O. The van der Waals surface area contributed by atoms with E-state index in [1.54, 1.807) is 16.8 Å². The molecule has 0 fully saturated rings. The summed E-state index contributed by atoms with van der Waals surface area (Å²) in [6.07, 6.45) is 1.54. The fourth-order valence-electron chi connectivity index (χ4n) is 2.52. The van der Waals surface area contributed by atoms with Crippen molar-refractivity contribution in [1.82, 2.24) is 19.7 Å². The third kappa shape index (κ3) is 3.02. The number of hydrogen-bond donors (Lipinski definition) is 1. The first-order valence-corrected chi connectivity index (χ1v) is 7.70. The zero-order chi connectivity index (χ0) is 17.5. The van der Waals surface area contributed by atoms with Crippen molar-refractivity contribution in [3.63, 3.8) is 0 Å². The van der Waals surface area contributed by atoms with Gasteiger partial charge in [-0.2, -0.15) is 10.1 Å². The number of benzene rings is 1. The molecule has 7 heteroatoms. The highest BCUT2D eigenvalue weighted by Crippen LogP contribution is 2.20. The summed E-state index contributed by atoms with van der Waals surface area (Å²) in [4.78, 5) is 21.5. The molecule has 1 N–H and O–H groups in total. The molecule has 0 amide bonds. The summed E-state index contributed by atoms with van der Waals surface area (Å²) >= 11 is 0. The highest BCUT2D eigenvalue weighted by molar-refractivity contribution is 5.74. The number of H-pyrrole nitrogens is 1. The van der Waals surface area contributed by atoms with E-state index in [4.69, 9.17) is 0 Å². The van der Waals surface area contributed by atoms with Crippen molar-refractivity contribution in [2.24, 2.45) is 0 Å². The van der Waals surface area contributed by atoms with Crippen LogP contribution in [-0.4, -0.2) is 26.8 Å². The SMILES string of the molecule is CN(Cc1ccc(F)cc1)c1nc2c(cnn2C(C)(C)C)c(=O)[nH]1. The maximum Gasteiger partial charge on any atom is 0.263 e. The monoisotopic (exact) mass is 329 g/mol. The highest BCUT2D eigenvalue weighted by atomic mass is 19.1. The zero-order valence-electron chi connectivity index (χ0n) is 14.2. The Kier molecular flexibility index (Phi) is 3.87. The molecule has 0 spiro atoms. The van der Waals surface area contributed by atoms with Gasteiger partial charge in [0.1, 0.15) is 11.2 Å². The second-order valence-corrected chi connectivity index (χ2v) is 6.84. The van der Waals surface area contributed by atoms with Crippen LogP contribution in [0, 0.1) is 5.82 Å². The fourth-order valence-corrected chi connectivity index (χ4v) is 2.52. The minimum atomic E-state index is -0.282. The van der Waals surface area contributed by atoms with E-state index in [2.05, 4.69) is 15.1 Å². The van der Waals surface area contributed by atoms with E-state index in [9.17, 15) is 9.18 Å². The minimum absolute atomic E-state index is 0.226. The zero-order valence-corrected chi connectivity index (χ0v) is 14.2. The van der Waals surface area contributed by atoms with Crippen molar-refractivity contribution in [3.05, 3.63) is 52.2 Å². The Balaban J connectivity index is 1.99.